The van der Waals surface area contributed by atoms with Crippen molar-refractivity contribution in [1.82, 2.24) is 14.6 Å². The van der Waals surface area contributed by atoms with Gasteiger partial charge in [-0.3, -0.25) is 10.1 Å². The van der Waals surface area contributed by atoms with Crippen molar-refractivity contribution in [1.29, 1.82) is 0 Å². The molecule has 1 aromatic carbocycles. The van der Waals surface area contributed by atoms with Crippen LogP contribution in [-0.2, 0) is 4.79 Å². The maximum atomic E-state index is 11.0. The molecule has 3 rings (SSSR count). The second kappa shape index (κ2) is 5.05. The number of aromatic nitrogens is 3. The Hall–Kier alpha value is -1.63. The molecular formula is C12H8Cl2N4OS. The summed E-state index contributed by atoms with van der Waals surface area (Å²) in [6.45, 7) is 1.41. The van der Waals surface area contributed by atoms with E-state index in [1.165, 1.54) is 18.3 Å². The molecular weight excluding hydrogens is 319 g/mol. The first-order valence-electron chi connectivity index (χ1n) is 5.62. The first-order chi connectivity index (χ1) is 9.54. The summed E-state index contributed by atoms with van der Waals surface area (Å²) < 4.78 is 1.64. The van der Waals surface area contributed by atoms with Crippen molar-refractivity contribution in [2.24, 2.45) is 0 Å². The van der Waals surface area contributed by atoms with Crippen molar-refractivity contribution in [3.8, 4) is 11.3 Å². The van der Waals surface area contributed by atoms with Gasteiger partial charge in [-0.05, 0) is 18.2 Å². The molecule has 102 valence electrons. The standard InChI is InChI=1S/C12H8Cl2N4OS/c1-6(19)15-11-16-12-18(17-11)10(5-20-12)8-3-2-7(13)4-9(8)14/h2-5H,1H3,(H,15,17,19). The van der Waals surface area contributed by atoms with E-state index >= 15 is 0 Å². The summed E-state index contributed by atoms with van der Waals surface area (Å²) in [5.74, 6) is 0.0602. The Morgan fingerprint density at radius 2 is 2.20 bits per heavy atom. The summed E-state index contributed by atoms with van der Waals surface area (Å²) in [5, 5.41) is 9.81. The Morgan fingerprint density at radius 3 is 2.90 bits per heavy atom. The number of nitrogens with one attached hydrogen (secondary N) is 1. The molecule has 1 N–H and O–H groups in total. The molecule has 8 heteroatoms. The van der Waals surface area contributed by atoms with Gasteiger partial charge in [0.15, 0.2) is 0 Å². The predicted octanol–water partition coefficient (Wildman–Crippen LogP) is 3.72. The lowest BCUT2D eigenvalue weighted by molar-refractivity contribution is -0.114. The lowest BCUT2D eigenvalue weighted by Gasteiger charge is -2.02. The van der Waals surface area contributed by atoms with Gasteiger partial charge in [-0.15, -0.1) is 16.4 Å². The van der Waals surface area contributed by atoms with Crippen molar-refractivity contribution in [2.45, 2.75) is 6.92 Å². The number of halogens is 2. The van der Waals surface area contributed by atoms with Gasteiger partial charge < -0.3 is 0 Å². The Bertz CT molecular complexity index is 811. The molecule has 0 fully saturated rings. The van der Waals surface area contributed by atoms with Crippen molar-refractivity contribution in [2.75, 3.05) is 5.32 Å². The highest BCUT2D eigenvalue weighted by atomic mass is 35.5. The quantitative estimate of drug-likeness (QED) is 0.780. The number of hydrogen-bond acceptors (Lipinski definition) is 4. The van der Waals surface area contributed by atoms with E-state index in [2.05, 4.69) is 15.4 Å². The number of anilines is 1. The molecule has 2 heterocycles. The van der Waals surface area contributed by atoms with Crippen molar-refractivity contribution < 1.29 is 4.79 Å². The van der Waals surface area contributed by atoms with E-state index < -0.39 is 0 Å². The van der Waals surface area contributed by atoms with Crippen LogP contribution in [-0.4, -0.2) is 20.5 Å². The number of hydrogen-bond donors (Lipinski definition) is 1. The third kappa shape index (κ3) is 2.37. The molecule has 2 aromatic heterocycles. The van der Waals surface area contributed by atoms with Gasteiger partial charge in [-0.1, -0.05) is 23.2 Å². The van der Waals surface area contributed by atoms with Crippen LogP contribution in [0.1, 0.15) is 6.92 Å². The molecule has 3 aromatic rings. The van der Waals surface area contributed by atoms with Gasteiger partial charge in [-0.25, -0.2) is 4.52 Å². The third-order valence-corrected chi connectivity index (χ3v) is 3.94. The number of benzene rings is 1. The second-order valence-electron chi connectivity index (χ2n) is 4.06. The Kier molecular flexibility index (Phi) is 3.37. The highest BCUT2D eigenvalue weighted by Gasteiger charge is 2.14. The first-order valence-corrected chi connectivity index (χ1v) is 7.25. The fraction of sp³-hybridized carbons (Fsp3) is 0.0833. The second-order valence-corrected chi connectivity index (χ2v) is 5.74. The van der Waals surface area contributed by atoms with Gasteiger partial charge in [-0.2, -0.15) is 4.98 Å². The lowest BCUT2D eigenvalue weighted by Crippen LogP contribution is -2.07. The third-order valence-electron chi connectivity index (χ3n) is 2.58. The molecule has 5 nitrogen and oxygen atoms in total. The fourth-order valence-corrected chi connectivity index (χ4v) is 3.10. The number of thiazole rings is 1. The number of carbonyl (C=O) groups excluding carboxylic acids is 1. The van der Waals surface area contributed by atoms with Crippen LogP contribution in [0.4, 0.5) is 5.95 Å². The zero-order valence-corrected chi connectivity index (χ0v) is 12.6. The minimum Gasteiger partial charge on any atom is -0.293 e. The Balaban J connectivity index is 2.11. The average molecular weight is 327 g/mol. The molecule has 0 spiro atoms. The number of rotatable bonds is 2. The topological polar surface area (TPSA) is 59.3 Å². The van der Waals surface area contributed by atoms with Crippen molar-refractivity contribution in [3.63, 3.8) is 0 Å². The molecule has 0 radical (unpaired) electrons. The molecule has 0 aliphatic carbocycles. The highest BCUT2D eigenvalue weighted by molar-refractivity contribution is 7.15. The van der Waals surface area contributed by atoms with Crippen molar-refractivity contribution >= 4 is 51.4 Å². The summed E-state index contributed by atoms with van der Waals surface area (Å²) in [7, 11) is 0. The molecule has 20 heavy (non-hydrogen) atoms. The molecule has 0 bridgehead atoms. The van der Waals surface area contributed by atoms with E-state index in [-0.39, 0.29) is 11.9 Å². The minimum absolute atomic E-state index is 0.214. The van der Waals surface area contributed by atoms with Crippen LogP contribution in [0.15, 0.2) is 23.6 Å². The molecule has 0 aliphatic heterocycles. The van der Waals surface area contributed by atoms with Gasteiger partial charge >= 0.3 is 0 Å². The van der Waals surface area contributed by atoms with E-state index in [9.17, 15) is 4.79 Å². The molecule has 0 atom stereocenters. The highest BCUT2D eigenvalue weighted by Crippen LogP contribution is 2.32. The van der Waals surface area contributed by atoms with Crippen LogP contribution in [0.5, 0.6) is 0 Å². The van der Waals surface area contributed by atoms with Crippen LogP contribution in [0.3, 0.4) is 0 Å². The van der Waals surface area contributed by atoms with Gasteiger partial charge in [0.25, 0.3) is 0 Å². The van der Waals surface area contributed by atoms with Crippen LogP contribution in [0.2, 0.25) is 10.0 Å². The summed E-state index contributed by atoms with van der Waals surface area (Å²) >= 11 is 13.5. The van der Waals surface area contributed by atoms with Crippen molar-refractivity contribution in [3.05, 3.63) is 33.6 Å². The van der Waals surface area contributed by atoms with Gasteiger partial charge in [0, 0.05) is 22.9 Å². The van der Waals surface area contributed by atoms with E-state index in [0.717, 1.165) is 11.3 Å². The normalized spacial score (nSPS) is 10.9. The molecule has 0 aliphatic rings. The number of amides is 1. The largest absolute Gasteiger partial charge is 0.293 e. The maximum absolute atomic E-state index is 11.0. The minimum atomic E-state index is -0.214. The lowest BCUT2D eigenvalue weighted by atomic mass is 10.2. The molecule has 0 saturated heterocycles. The summed E-state index contributed by atoms with van der Waals surface area (Å²) in [6, 6.07) is 5.26. The molecule has 0 unspecified atom stereocenters. The van der Waals surface area contributed by atoms with Crippen LogP contribution in [0, 0.1) is 0 Å². The maximum Gasteiger partial charge on any atom is 0.250 e. The monoisotopic (exact) mass is 326 g/mol. The van der Waals surface area contributed by atoms with Gasteiger partial charge in [0.1, 0.15) is 0 Å². The SMILES string of the molecule is CC(=O)Nc1nc2scc(-c3ccc(Cl)cc3Cl)n2n1. The predicted molar refractivity (Wildman–Crippen MR) is 80.6 cm³/mol. The number of nitrogens with zero attached hydrogens (tertiary/aromatic N) is 3. The van der Waals surface area contributed by atoms with E-state index in [1.807, 2.05) is 11.4 Å². The van der Waals surface area contributed by atoms with Crippen LogP contribution >= 0.6 is 34.5 Å². The summed E-state index contributed by atoms with van der Waals surface area (Å²) in [4.78, 5) is 15.9. The van der Waals surface area contributed by atoms with Crippen LogP contribution < -0.4 is 5.32 Å². The summed E-state index contributed by atoms with van der Waals surface area (Å²) in [6.07, 6.45) is 0. The zero-order valence-electron chi connectivity index (χ0n) is 10.2. The van der Waals surface area contributed by atoms with E-state index in [4.69, 9.17) is 23.2 Å². The first kappa shape index (κ1) is 13.4. The fourth-order valence-electron chi connectivity index (χ4n) is 1.77. The number of fused-ring (bicyclic) bond motifs is 1. The summed E-state index contributed by atoms with van der Waals surface area (Å²) in [5.41, 5.74) is 1.61. The Labute approximate surface area is 128 Å². The van der Waals surface area contributed by atoms with E-state index in [0.29, 0.717) is 15.0 Å². The molecule has 0 saturated carbocycles. The Morgan fingerprint density at radius 1 is 1.40 bits per heavy atom. The van der Waals surface area contributed by atoms with Crippen LogP contribution in [0.25, 0.3) is 16.2 Å². The molecule has 1 amide bonds. The van der Waals surface area contributed by atoms with Gasteiger partial charge in [0.05, 0.1) is 10.7 Å². The van der Waals surface area contributed by atoms with Gasteiger partial charge in [0.2, 0.25) is 16.8 Å². The zero-order chi connectivity index (χ0) is 14.3. The average Bonchev–Trinajstić information content (AvgIpc) is 2.88. The smallest absolute Gasteiger partial charge is 0.250 e. The van der Waals surface area contributed by atoms with E-state index in [1.54, 1.807) is 16.6 Å². The number of carbonyl (C=O) groups is 1.